The molecule has 0 aliphatic heterocycles. The van der Waals surface area contributed by atoms with Gasteiger partial charge in [-0.1, -0.05) is 23.7 Å². The highest BCUT2D eigenvalue weighted by Crippen LogP contribution is 2.28. The number of primary amides is 1. The lowest BCUT2D eigenvalue weighted by Gasteiger charge is -2.21. The van der Waals surface area contributed by atoms with Crippen LogP contribution in [0.3, 0.4) is 0 Å². The van der Waals surface area contributed by atoms with Gasteiger partial charge in [-0.3, -0.25) is 4.79 Å². The molecule has 4 nitrogen and oxygen atoms in total. The second kappa shape index (κ2) is 5.00. The van der Waals surface area contributed by atoms with Gasteiger partial charge in [0, 0.05) is 13.6 Å². The number of hydrogen-bond donors (Lipinski definition) is 2. The molecule has 0 fully saturated rings. The minimum absolute atomic E-state index is 0.122. The molecule has 0 aliphatic rings. The van der Waals surface area contributed by atoms with Gasteiger partial charge in [-0.2, -0.15) is 0 Å². The lowest BCUT2D eigenvalue weighted by molar-refractivity contribution is -0.116. The van der Waals surface area contributed by atoms with Gasteiger partial charge in [-0.15, -0.1) is 0 Å². The number of amides is 1. The maximum atomic E-state index is 10.8. The SMILES string of the molecule is CN(CC(N)=O)c1c(Cl)cccc1CN. The number of hydrogen-bond acceptors (Lipinski definition) is 3. The normalized spacial score (nSPS) is 10.1. The number of anilines is 1. The fourth-order valence-electron chi connectivity index (χ4n) is 1.47. The quantitative estimate of drug-likeness (QED) is 0.796. The largest absolute Gasteiger partial charge is 0.368 e. The summed E-state index contributed by atoms with van der Waals surface area (Å²) < 4.78 is 0. The molecular weight excluding hydrogens is 214 g/mol. The summed E-state index contributed by atoms with van der Waals surface area (Å²) in [5.41, 5.74) is 12.4. The third-order valence-electron chi connectivity index (χ3n) is 2.06. The topological polar surface area (TPSA) is 72.3 Å². The average molecular weight is 228 g/mol. The molecule has 1 aromatic rings. The van der Waals surface area contributed by atoms with Crippen molar-refractivity contribution in [3.8, 4) is 0 Å². The van der Waals surface area contributed by atoms with Crippen molar-refractivity contribution in [3.05, 3.63) is 28.8 Å². The van der Waals surface area contributed by atoms with E-state index in [0.717, 1.165) is 11.3 Å². The van der Waals surface area contributed by atoms with Crippen molar-refractivity contribution < 1.29 is 4.79 Å². The Kier molecular flexibility index (Phi) is 3.94. The Labute approximate surface area is 93.8 Å². The molecule has 0 saturated carbocycles. The fourth-order valence-corrected chi connectivity index (χ4v) is 1.80. The van der Waals surface area contributed by atoms with Gasteiger partial charge in [0.2, 0.25) is 5.91 Å². The summed E-state index contributed by atoms with van der Waals surface area (Å²) in [6.07, 6.45) is 0. The summed E-state index contributed by atoms with van der Waals surface area (Å²) in [6, 6.07) is 5.46. The first kappa shape index (κ1) is 11.8. The number of nitrogens with zero attached hydrogens (tertiary/aromatic N) is 1. The molecule has 0 heterocycles. The van der Waals surface area contributed by atoms with Gasteiger partial charge in [0.15, 0.2) is 0 Å². The minimum atomic E-state index is -0.402. The van der Waals surface area contributed by atoms with E-state index in [1.165, 1.54) is 0 Å². The van der Waals surface area contributed by atoms with E-state index in [-0.39, 0.29) is 6.54 Å². The standard InChI is InChI=1S/C10H14ClN3O/c1-14(6-9(13)15)10-7(5-12)3-2-4-8(10)11/h2-4H,5-6,12H2,1H3,(H2,13,15). The van der Waals surface area contributed by atoms with Gasteiger partial charge in [0.25, 0.3) is 0 Å². The second-order valence-corrected chi connectivity index (χ2v) is 3.68. The Bertz CT molecular complexity index is 368. The number of benzene rings is 1. The summed E-state index contributed by atoms with van der Waals surface area (Å²) in [5, 5.41) is 0.571. The van der Waals surface area contributed by atoms with Crippen LogP contribution in [-0.2, 0) is 11.3 Å². The molecule has 1 amide bonds. The third-order valence-corrected chi connectivity index (χ3v) is 2.37. The van der Waals surface area contributed by atoms with Crippen LogP contribution in [0.4, 0.5) is 5.69 Å². The number of para-hydroxylation sites is 1. The van der Waals surface area contributed by atoms with Crippen molar-refractivity contribution in [1.29, 1.82) is 0 Å². The summed E-state index contributed by atoms with van der Waals surface area (Å²) in [6.45, 7) is 0.496. The summed E-state index contributed by atoms with van der Waals surface area (Å²) in [7, 11) is 1.76. The number of rotatable bonds is 4. The van der Waals surface area contributed by atoms with Crippen molar-refractivity contribution in [1.82, 2.24) is 0 Å². The van der Waals surface area contributed by atoms with Crippen LogP contribution in [-0.4, -0.2) is 19.5 Å². The van der Waals surface area contributed by atoms with Crippen LogP contribution in [0.15, 0.2) is 18.2 Å². The lowest BCUT2D eigenvalue weighted by atomic mass is 10.1. The van der Waals surface area contributed by atoms with Crippen molar-refractivity contribution in [2.45, 2.75) is 6.54 Å². The Morgan fingerprint density at radius 3 is 2.73 bits per heavy atom. The Morgan fingerprint density at radius 1 is 1.53 bits per heavy atom. The zero-order valence-corrected chi connectivity index (χ0v) is 9.29. The molecule has 82 valence electrons. The molecule has 4 N–H and O–H groups in total. The Balaban J connectivity index is 3.05. The molecule has 1 aromatic carbocycles. The van der Waals surface area contributed by atoms with Crippen LogP contribution in [0.25, 0.3) is 0 Å². The number of likely N-dealkylation sites (N-methyl/N-ethyl adjacent to an activating group) is 1. The van der Waals surface area contributed by atoms with Gasteiger partial charge in [0.05, 0.1) is 17.3 Å². The Hall–Kier alpha value is -1.26. The van der Waals surface area contributed by atoms with Crippen LogP contribution in [0.2, 0.25) is 5.02 Å². The van der Waals surface area contributed by atoms with E-state index in [0.29, 0.717) is 11.6 Å². The molecule has 0 atom stereocenters. The zero-order chi connectivity index (χ0) is 11.4. The van der Waals surface area contributed by atoms with Gasteiger partial charge in [-0.25, -0.2) is 0 Å². The molecule has 0 bridgehead atoms. The van der Waals surface area contributed by atoms with E-state index in [9.17, 15) is 4.79 Å². The first-order valence-corrected chi connectivity index (χ1v) is 4.91. The second-order valence-electron chi connectivity index (χ2n) is 3.27. The molecule has 0 unspecified atom stereocenters. The summed E-state index contributed by atoms with van der Waals surface area (Å²) in [5.74, 6) is -0.402. The van der Waals surface area contributed by atoms with Gasteiger partial charge in [0.1, 0.15) is 0 Å². The third kappa shape index (κ3) is 2.84. The molecule has 0 aromatic heterocycles. The van der Waals surface area contributed by atoms with Crippen molar-refractivity contribution in [3.63, 3.8) is 0 Å². The predicted molar refractivity (Wildman–Crippen MR) is 61.8 cm³/mol. The maximum Gasteiger partial charge on any atom is 0.236 e. The fraction of sp³-hybridized carbons (Fsp3) is 0.300. The van der Waals surface area contributed by atoms with Crippen molar-refractivity contribution >= 4 is 23.2 Å². The van der Waals surface area contributed by atoms with E-state index < -0.39 is 5.91 Å². The highest BCUT2D eigenvalue weighted by Gasteiger charge is 2.12. The molecule has 5 heteroatoms. The first-order valence-electron chi connectivity index (χ1n) is 4.53. The molecular formula is C10H14ClN3O. The number of carbonyl (C=O) groups excluding carboxylic acids is 1. The monoisotopic (exact) mass is 227 g/mol. The van der Waals surface area contributed by atoms with Crippen LogP contribution in [0, 0.1) is 0 Å². The van der Waals surface area contributed by atoms with Crippen LogP contribution < -0.4 is 16.4 Å². The Morgan fingerprint density at radius 2 is 2.20 bits per heavy atom. The highest BCUT2D eigenvalue weighted by molar-refractivity contribution is 6.33. The van der Waals surface area contributed by atoms with Crippen molar-refractivity contribution in [2.24, 2.45) is 11.5 Å². The first-order chi connectivity index (χ1) is 7.06. The number of halogens is 1. The maximum absolute atomic E-state index is 10.8. The van der Waals surface area contributed by atoms with E-state index in [1.807, 2.05) is 12.1 Å². The minimum Gasteiger partial charge on any atom is -0.368 e. The van der Waals surface area contributed by atoms with E-state index in [1.54, 1.807) is 18.0 Å². The summed E-state index contributed by atoms with van der Waals surface area (Å²) in [4.78, 5) is 12.5. The van der Waals surface area contributed by atoms with E-state index >= 15 is 0 Å². The van der Waals surface area contributed by atoms with Gasteiger partial charge >= 0.3 is 0 Å². The van der Waals surface area contributed by atoms with E-state index in [4.69, 9.17) is 23.1 Å². The molecule has 1 rings (SSSR count). The zero-order valence-electron chi connectivity index (χ0n) is 8.53. The van der Waals surface area contributed by atoms with Gasteiger partial charge < -0.3 is 16.4 Å². The highest BCUT2D eigenvalue weighted by atomic mass is 35.5. The van der Waals surface area contributed by atoms with Crippen molar-refractivity contribution in [2.75, 3.05) is 18.5 Å². The predicted octanol–water partition coefficient (Wildman–Crippen LogP) is 0.720. The number of nitrogens with two attached hydrogens (primary N) is 2. The molecule has 0 aliphatic carbocycles. The van der Waals surface area contributed by atoms with Gasteiger partial charge in [-0.05, 0) is 11.6 Å². The van der Waals surface area contributed by atoms with Crippen LogP contribution >= 0.6 is 11.6 Å². The van der Waals surface area contributed by atoms with Crippen LogP contribution in [0.5, 0.6) is 0 Å². The van der Waals surface area contributed by atoms with Crippen LogP contribution in [0.1, 0.15) is 5.56 Å². The molecule has 0 radical (unpaired) electrons. The molecule has 0 spiro atoms. The summed E-state index contributed by atoms with van der Waals surface area (Å²) >= 11 is 6.04. The van der Waals surface area contributed by atoms with E-state index in [2.05, 4.69) is 0 Å². The lowest BCUT2D eigenvalue weighted by Crippen LogP contribution is -2.31. The number of carbonyl (C=O) groups is 1. The average Bonchev–Trinajstić information content (AvgIpc) is 2.15. The molecule has 0 saturated heterocycles. The smallest absolute Gasteiger partial charge is 0.236 e. The molecule has 15 heavy (non-hydrogen) atoms.